The normalized spacial score (nSPS) is 13.5. The predicted molar refractivity (Wildman–Crippen MR) is 135 cm³/mol. The number of carbonyl (C=O) groups excluding carboxylic acids is 2. The molecule has 0 atom stereocenters. The van der Waals surface area contributed by atoms with E-state index in [1.807, 2.05) is 79.7 Å². The van der Waals surface area contributed by atoms with E-state index in [1.54, 1.807) is 0 Å². The number of rotatable bonds is 4. The monoisotopic (exact) mass is 562 g/mol. The van der Waals surface area contributed by atoms with Crippen molar-refractivity contribution in [1.29, 1.82) is 0 Å². The topological polar surface area (TPSA) is 52.6 Å². The molecule has 1 aliphatic heterocycles. The van der Waals surface area contributed by atoms with E-state index in [9.17, 15) is 9.59 Å². The zero-order valence-corrected chi connectivity index (χ0v) is 20.6. The van der Waals surface area contributed by atoms with E-state index in [-0.39, 0.29) is 0 Å². The average molecular weight is 564 g/mol. The minimum Gasteiger partial charge on any atom is -0.427 e. The molecule has 0 unspecified atom stereocenters. The molecular weight excluding hydrogens is 548 g/mol. The molecule has 1 heterocycles. The number of halogens is 2. The molecule has 0 radical (unpaired) electrons. The van der Waals surface area contributed by atoms with Gasteiger partial charge in [-0.1, -0.05) is 62.2 Å². The number of carbonyl (C=O) groups is 2. The van der Waals surface area contributed by atoms with Gasteiger partial charge in [-0.15, -0.1) is 0 Å². The van der Waals surface area contributed by atoms with Gasteiger partial charge in [-0.25, -0.2) is 4.79 Å². The fourth-order valence-corrected chi connectivity index (χ4v) is 4.66. The second-order valence-corrected chi connectivity index (χ2v) is 9.43. The Morgan fingerprint density at radius 1 is 0.848 bits per heavy atom. The van der Waals surface area contributed by atoms with Gasteiger partial charge >= 0.3 is 5.97 Å². The molecule has 0 saturated heterocycles. The van der Waals surface area contributed by atoms with Gasteiger partial charge in [0.1, 0.15) is 11.5 Å². The molecule has 4 nitrogen and oxygen atoms in total. The fourth-order valence-electron chi connectivity index (χ4n) is 4.13. The highest BCUT2D eigenvalue weighted by Crippen LogP contribution is 2.33. The highest BCUT2D eigenvalue weighted by Gasteiger charge is 2.27. The maximum absolute atomic E-state index is 12.8. The minimum atomic E-state index is -0.403. The lowest BCUT2D eigenvalue weighted by Gasteiger charge is -2.10. The molecule has 4 aromatic carbocycles. The van der Waals surface area contributed by atoms with Crippen LogP contribution < -0.4 is 19.9 Å². The van der Waals surface area contributed by atoms with Gasteiger partial charge in [0.25, 0.3) is 6.47 Å². The van der Waals surface area contributed by atoms with Crippen LogP contribution in [-0.4, -0.2) is 12.4 Å². The maximum atomic E-state index is 12.8. The third-order valence-corrected chi connectivity index (χ3v) is 6.81. The molecule has 0 bridgehead atoms. The molecule has 0 saturated carbocycles. The van der Waals surface area contributed by atoms with Crippen molar-refractivity contribution in [2.24, 2.45) is 0 Å². The van der Waals surface area contributed by atoms with Crippen molar-refractivity contribution in [2.45, 2.75) is 6.92 Å². The van der Waals surface area contributed by atoms with Crippen molar-refractivity contribution in [3.63, 3.8) is 0 Å². The van der Waals surface area contributed by atoms with Gasteiger partial charge in [-0.05, 0) is 66.1 Å². The Kier molecular flexibility index (Phi) is 5.64. The molecule has 162 valence electrons. The number of hydrogen-bond acceptors (Lipinski definition) is 4. The van der Waals surface area contributed by atoms with Crippen molar-refractivity contribution in [1.82, 2.24) is 0 Å². The Morgan fingerprint density at radius 2 is 1.48 bits per heavy atom. The Hall–Kier alpha value is -3.22. The zero-order valence-electron chi connectivity index (χ0n) is 17.4. The SMILES string of the molecule is C/C(c1ccc(Br)cc1)=c1/ccc2c3c(ccc2c1OC=O)=C(c1ccc(Br)cc1)C(=O)O3. The van der Waals surface area contributed by atoms with Crippen LogP contribution in [0.1, 0.15) is 18.1 Å². The lowest BCUT2D eigenvalue weighted by atomic mass is 9.98. The van der Waals surface area contributed by atoms with Gasteiger partial charge in [0, 0.05) is 30.2 Å². The summed E-state index contributed by atoms with van der Waals surface area (Å²) in [4.78, 5) is 24.2. The first-order valence-corrected chi connectivity index (χ1v) is 11.7. The number of fused-ring (bicyclic) bond motifs is 3. The van der Waals surface area contributed by atoms with Crippen molar-refractivity contribution >= 4 is 66.2 Å². The van der Waals surface area contributed by atoms with E-state index in [4.69, 9.17) is 9.47 Å². The standard InChI is InChI=1S/C27H16Br2O4/c1-15(16-2-6-18(28)7-3-16)20-10-11-22-21(25(20)32-14-30)12-13-23-24(27(31)33-26(22)23)17-4-8-19(29)9-5-17/h2-14H,1H3/b20-15+. The van der Waals surface area contributed by atoms with Crippen LogP contribution in [0.15, 0.2) is 81.7 Å². The highest BCUT2D eigenvalue weighted by molar-refractivity contribution is 9.10. The summed E-state index contributed by atoms with van der Waals surface area (Å²) in [5.41, 5.74) is 3.26. The van der Waals surface area contributed by atoms with E-state index >= 15 is 0 Å². The van der Waals surface area contributed by atoms with Crippen molar-refractivity contribution in [3.05, 3.63) is 103 Å². The predicted octanol–water partition coefficient (Wildman–Crippen LogP) is 5.24. The van der Waals surface area contributed by atoms with Crippen LogP contribution in [-0.2, 0) is 9.59 Å². The van der Waals surface area contributed by atoms with Crippen LogP contribution in [0.5, 0.6) is 11.5 Å². The van der Waals surface area contributed by atoms with Crippen LogP contribution in [0.3, 0.4) is 0 Å². The Bertz CT molecular complexity index is 1550. The van der Waals surface area contributed by atoms with E-state index < -0.39 is 5.97 Å². The number of ether oxygens (including phenoxy) is 2. The molecule has 6 heteroatoms. The van der Waals surface area contributed by atoms with Crippen molar-refractivity contribution in [3.8, 4) is 11.5 Å². The molecule has 0 aromatic heterocycles. The van der Waals surface area contributed by atoms with Crippen LogP contribution in [0, 0.1) is 0 Å². The summed E-state index contributed by atoms with van der Waals surface area (Å²) in [6.45, 7) is 2.40. The largest absolute Gasteiger partial charge is 0.427 e. The summed E-state index contributed by atoms with van der Waals surface area (Å²) in [6, 6.07) is 23.0. The van der Waals surface area contributed by atoms with Gasteiger partial charge < -0.3 is 9.47 Å². The van der Waals surface area contributed by atoms with Crippen LogP contribution >= 0.6 is 31.9 Å². The quantitative estimate of drug-likeness (QED) is 0.194. The van der Waals surface area contributed by atoms with Gasteiger partial charge in [-0.2, -0.15) is 0 Å². The first kappa shape index (κ1) is 21.6. The molecule has 33 heavy (non-hydrogen) atoms. The first-order chi connectivity index (χ1) is 16.0. The average Bonchev–Trinajstić information content (AvgIpc) is 3.16. The Morgan fingerprint density at radius 3 is 2.15 bits per heavy atom. The molecule has 0 spiro atoms. The number of benzene rings is 4. The molecule has 5 rings (SSSR count). The van der Waals surface area contributed by atoms with Crippen molar-refractivity contribution in [2.75, 3.05) is 0 Å². The molecule has 4 aromatic rings. The summed E-state index contributed by atoms with van der Waals surface area (Å²) < 4.78 is 13.1. The smallest absolute Gasteiger partial charge is 0.344 e. The lowest BCUT2D eigenvalue weighted by molar-refractivity contribution is -0.127. The van der Waals surface area contributed by atoms with Crippen LogP contribution in [0.4, 0.5) is 0 Å². The molecule has 1 aliphatic rings. The Labute approximate surface area is 206 Å². The second kappa shape index (κ2) is 8.61. The minimum absolute atomic E-state index is 0.403. The van der Waals surface area contributed by atoms with E-state index in [1.165, 1.54) is 0 Å². The third kappa shape index (κ3) is 3.79. The highest BCUT2D eigenvalue weighted by atomic mass is 79.9. The van der Waals surface area contributed by atoms with Gasteiger partial charge in [0.15, 0.2) is 0 Å². The van der Waals surface area contributed by atoms with Crippen LogP contribution in [0.25, 0.3) is 21.9 Å². The van der Waals surface area contributed by atoms with Crippen molar-refractivity contribution < 1.29 is 19.1 Å². The third-order valence-electron chi connectivity index (χ3n) is 5.75. The summed E-state index contributed by atoms with van der Waals surface area (Å²) in [5, 5.41) is 2.91. The van der Waals surface area contributed by atoms with E-state index in [0.717, 1.165) is 30.9 Å². The van der Waals surface area contributed by atoms with Gasteiger partial charge in [0.05, 0.1) is 5.57 Å². The summed E-state index contributed by atoms with van der Waals surface area (Å²) in [5.74, 6) is 0.497. The maximum Gasteiger partial charge on any atom is 0.344 e. The lowest BCUT2D eigenvalue weighted by Crippen LogP contribution is -2.12. The summed E-state index contributed by atoms with van der Waals surface area (Å²) >= 11 is 6.88. The number of esters is 1. The molecule has 0 aliphatic carbocycles. The molecule has 0 amide bonds. The fraction of sp³-hybridized carbons (Fsp3) is 0.0370. The van der Waals surface area contributed by atoms with Gasteiger partial charge in [-0.3, -0.25) is 4.79 Å². The molecular formula is C27H16Br2O4. The van der Waals surface area contributed by atoms with Gasteiger partial charge in [0.2, 0.25) is 0 Å². The van der Waals surface area contributed by atoms with E-state index in [2.05, 4.69) is 31.9 Å². The number of hydrogen-bond donors (Lipinski definition) is 0. The summed E-state index contributed by atoms with van der Waals surface area (Å²) in [7, 11) is 0. The zero-order chi connectivity index (χ0) is 23.1. The Balaban J connectivity index is 1.79. The first-order valence-electron chi connectivity index (χ1n) is 10.1. The van der Waals surface area contributed by atoms with Crippen LogP contribution in [0.2, 0.25) is 0 Å². The van der Waals surface area contributed by atoms with E-state index in [0.29, 0.717) is 39.5 Å². The molecule has 0 fully saturated rings. The second-order valence-electron chi connectivity index (χ2n) is 7.60. The molecule has 0 N–H and O–H groups in total. The summed E-state index contributed by atoms with van der Waals surface area (Å²) in [6.07, 6.45) is 0.